The number of hydrogen-bond acceptors (Lipinski definition) is 3. The lowest BCUT2D eigenvalue weighted by Crippen LogP contribution is -2.12. The van der Waals surface area contributed by atoms with Crippen LogP contribution in [0.3, 0.4) is 0 Å². The van der Waals surface area contributed by atoms with Gasteiger partial charge in [-0.2, -0.15) is 0 Å². The van der Waals surface area contributed by atoms with E-state index in [1.54, 1.807) is 6.07 Å². The normalized spacial score (nSPS) is 10.7. The van der Waals surface area contributed by atoms with E-state index in [1.807, 2.05) is 33.8 Å². The predicted molar refractivity (Wildman–Crippen MR) is 76.4 cm³/mol. The molecule has 19 heavy (non-hydrogen) atoms. The average Bonchev–Trinajstić information content (AvgIpc) is 2.39. The highest BCUT2D eigenvalue weighted by Gasteiger charge is 2.14. The molecule has 4 nitrogen and oxygen atoms in total. The van der Waals surface area contributed by atoms with Gasteiger partial charge in [-0.05, 0) is 39.8 Å². The van der Waals surface area contributed by atoms with E-state index >= 15 is 0 Å². The Bertz CT molecular complexity index is 658. The van der Waals surface area contributed by atoms with Gasteiger partial charge in [0.25, 0.3) is 0 Å². The molecule has 1 N–H and O–H groups in total. The van der Waals surface area contributed by atoms with Crippen molar-refractivity contribution in [3.05, 3.63) is 33.6 Å². The van der Waals surface area contributed by atoms with Gasteiger partial charge in [0.1, 0.15) is 11.5 Å². The van der Waals surface area contributed by atoms with Crippen molar-refractivity contribution < 1.29 is 9.47 Å². The number of H-pyrrole nitrogens is 1. The van der Waals surface area contributed by atoms with Crippen LogP contribution in [0.5, 0.6) is 11.5 Å². The van der Waals surface area contributed by atoms with Crippen molar-refractivity contribution >= 4 is 10.9 Å². The van der Waals surface area contributed by atoms with E-state index in [0.29, 0.717) is 41.2 Å². The number of benzene rings is 1. The first-order valence-electron chi connectivity index (χ1n) is 6.51. The van der Waals surface area contributed by atoms with E-state index < -0.39 is 0 Å². The van der Waals surface area contributed by atoms with E-state index in [4.69, 9.17) is 9.47 Å². The van der Waals surface area contributed by atoms with Crippen molar-refractivity contribution in [3.8, 4) is 11.5 Å². The van der Waals surface area contributed by atoms with Crippen LogP contribution in [-0.4, -0.2) is 18.2 Å². The summed E-state index contributed by atoms with van der Waals surface area (Å²) < 4.78 is 11.1. The Balaban J connectivity index is 2.85. The van der Waals surface area contributed by atoms with Crippen molar-refractivity contribution in [3.63, 3.8) is 0 Å². The number of aromatic nitrogens is 1. The van der Waals surface area contributed by atoms with Crippen molar-refractivity contribution in [2.75, 3.05) is 13.2 Å². The Morgan fingerprint density at radius 3 is 2.26 bits per heavy atom. The van der Waals surface area contributed by atoms with E-state index in [0.717, 1.165) is 5.69 Å². The second-order valence-corrected chi connectivity index (χ2v) is 4.38. The summed E-state index contributed by atoms with van der Waals surface area (Å²) in [5, 5.41) is 0.566. The summed E-state index contributed by atoms with van der Waals surface area (Å²) in [4.78, 5) is 15.7. The highest BCUT2D eigenvalue weighted by molar-refractivity contribution is 5.90. The molecule has 0 radical (unpaired) electrons. The lowest BCUT2D eigenvalue weighted by molar-refractivity contribution is 0.336. The average molecular weight is 261 g/mol. The van der Waals surface area contributed by atoms with Crippen molar-refractivity contribution in [2.24, 2.45) is 0 Å². The van der Waals surface area contributed by atoms with Crippen LogP contribution in [-0.2, 0) is 0 Å². The minimum Gasteiger partial charge on any atom is -0.493 e. The molecule has 0 saturated carbocycles. The van der Waals surface area contributed by atoms with E-state index in [9.17, 15) is 4.79 Å². The molecule has 102 valence electrons. The van der Waals surface area contributed by atoms with E-state index in [1.165, 1.54) is 0 Å². The molecule has 2 rings (SSSR count). The molecule has 0 aliphatic rings. The van der Waals surface area contributed by atoms with Gasteiger partial charge in [-0.15, -0.1) is 0 Å². The molecule has 0 aliphatic carbocycles. The molecule has 0 spiro atoms. The Kier molecular flexibility index (Phi) is 3.79. The first kappa shape index (κ1) is 13.5. The van der Waals surface area contributed by atoms with Crippen LogP contribution in [0.1, 0.15) is 25.1 Å². The summed E-state index contributed by atoms with van der Waals surface area (Å²) in [5.41, 5.74) is 2.27. The number of ether oxygens (including phenoxy) is 2. The van der Waals surface area contributed by atoms with Gasteiger partial charge >= 0.3 is 0 Å². The first-order valence-corrected chi connectivity index (χ1v) is 6.51. The zero-order valence-corrected chi connectivity index (χ0v) is 11.8. The number of aryl methyl sites for hydroxylation is 1. The molecule has 1 heterocycles. The molecule has 0 amide bonds. The zero-order chi connectivity index (χ0) is 14.0. The summed E-state index contributed by atoms with van der Waals surface area (Å²) in [6.07, 6.45) is 0. The van der Waals surface area contributed by atoms with Gasteiger partial charge in [0.15, 0.2) is 5.43 Å². The Labute approximate surface area is 112 Å². The molecule has 1 aromatic carbocycles. The van der Waals surface area contributed by atoms with Gasteiger partial charge < -0.3 is 14.5 Å². The number of nitrogens with one attached hydrogen (secondary N) is 1. The fourth-order valence-corrected chi connectivity index (χ4v) is 2.10. The third-order valence-corrected chi connectivity index (χ3v) is 3.17. The quantitative estimate of drug-likeness (QED) is 0.920. The highest BCUT2D eigenvalue weighted by atomic mass is 16.5. The molecule has 2 aromatic rings. The van der Waals surface area contributed by atoms with Crippen LogP contribution in [0.2, 0.25) is 0 Å². The molecule has 0 unspecified atom stereocenters. The summed E-state index contributed by atoms with van der Waals surface area (Å²) >= 11 is 0. The Morgan fingerprint density at radius 1 is 1.05 bits per heavy atom. The van der Waals surface area contributed by atoms with Gasteiger partial charge in [0.05, 0.1) is 24.1 Å². The van der Waals surface area contributed by atoms with Gasteiger partial charge in [-0.1, -0.05) is 0 Å². The Hall–Kier alpha value is -1.97. The monoisotopic (exact) mass is 261 g/mol. The van der Waals surface area contributed by atoms with Crippen molar-refractivity contribution in [1.29, 1.82) is 0 Å². The van der Waals surface area contributed by atoms with E-state index in [2.05, 4.69) is 4.98 Å². The smallest absolute Gasteiger partial charge is 0.196 e. The van der Waals surface area contributed by atoms with Crippen LogP contribution in [0.15, 0.2) is 16.9 Å². The number of rotatable bonds is 4. The maximum Gasteiger partial charge on any atom is 0.196 e. The largest absolute Gasteiger partial charge is 0.493 e. The SMILES string of the molecule is CCOc1ccc(OCC)c2c(=O)c(C)c(C)[nH]c12. The van der Waals surface area contributed by atoms with Crippen LogP contribution in [0.4, 0.5) is 0 Å². The lowest BCUT2D eigenvalue weighted by atomic mass is 10.1. The lowest BCUT2D eigenvalue weighted by Gasteiger charge is -2.13. The molecule has 0 saturated heterocycles. The van der Waals surface area contributed by atoms with Crippen molar-refractivity contribution in [2.45, 2.75) is 27.7 Å². The maximum absolute atomic E-state index is 12.4. The Morgan fingerprint density at radius 2 is 1.63 bits per heavy atom. The van der Waals surface area contributed by atoms with Gasteiger partial charge in [-0.25, -0.2) is 0 Å². The first-order chi connectivity index (χ1) is 9.10. The number of fused-ring (bicyclic) bond motifs is 1. The fraction of sp³-hybridized carbons (Fsp3) is 0.400. The molecule has 0 aliphatic heterocycles. The van der Waals surface area contributed by atoms with Crippen LogP contribution in [0, 0.1) is 13.8 Å². The number of pyridine rings is 1. The fourth-order valence-electron chi connectivity index (χ4n) is 2.10. The third-order valence-electron chi connectivity index (χ3n) is 3.17. The molecule has 0 bridgehead atoms. The summed E-state index contributed by atoms with van der Waals surface area (Å²) in [5.74, 6) is 1.28. The topological polar surface area (TPSA) is 51.3 Å². The second-order valence-electron chi connectivity index (χ2n) is 4.38. The molecule has 4 heteroatoms. The maximum atomic E-state index is 12.4. The standard InChI is InChI=1S/C15H19NO3/c1-5-18-11-7-8-12(19-6-2)14-13(11)15(17)9(3)10(4)16-14/h7-8H,5-6H2,1-4H3,(H,16,17). The minimum atomic E-state index is -0.00347. The van der Waals surface area contributed by atoms with Crippen LogP contribution in [0.25, 0.3) is 10.9 Å². The van der Waals surface area contributed by atoms with Crippen molar-refractivity contribution in [1.82, 2.24) is 4.98 Å². The second kappa shape index (κ2) is 5.34. The van der Waals surface area contributed by atoms with Crippen LogP contribution >= 0.6 is 0 Å². The van der Waals surface area contributed by atoms with E-state index in [-0.39, 0.29) is 5.43 Å². The number of aromatic amines is 1. The highest BCUT2D eigenvalue weighted by Crippen LogP contribution is 2.30. The summed E-state index contributed by atoms with van der Waals surface area (Å²) in [6.45, 7) is 8.60. The molecular formula is C15H19NO3. The predicted octanol–water partition coefficient (Wildman–Crippen LogP) is 2.94. The van der Waals surface area contributed by atoms with Gasteiger partial charge in [0.2, 0.25) is 0 Å². The molecular weight excluding hydrogens is 242 g/mol. The summed E-state index contributed by atoms with van der Waals surface area (Å²) in [6, 6.07) is 3.63. The molecule has 0 atom stereocenters. The van der Waals surface area contributed by atoms with Gasteiger partial charge in [0, 0.05) is 11.3 Å². The third kappa shape index (κ3) is 2.30. The van der Waals surface area contributed by atoms with Gasteiger partial charge in [-0.3, -0.25) is 4.79 Å². The molecule has 0 fully saturated rings. The minimum absolute atomic E-state index is 0.00347. The van der Waals surface area contributed by atoms with Crippen LogP contribution < -0.4 is 14.9 Å². The molecule has 1 aromatic heterocycles. The summed E-state index contributed by atoms with van der Waals surface area (Å²) in [7, 11) is 0. The zero-order valence-electron chi connectivity index (χ0n) is 11.8. The number of hydrogen-bond donors (Lipinski definition) is 1.